The molecule has 0 heterocycles. The van der Waals surface area contributed by atoms with E-state index in [4.69, 9.17) is 9.90 Å². The van der Waals surface area contributed by atoms with Gasteiger partial charge in [0, 0.05) is 0 Å². The summed E-state index contributed by atoms with van der Waals surface area (Å²) in [4.78, 5) is 9.09. The third-order valence-electron chi connectivity index (χ3n) is 0.144. The van der Waals surface area contributed by atoms with Crippen molar-refractivity contribution in [2.24, 2.45) is 0 Å². The van der Waals surface area contributed by atoms with Crippen LogP contribution in [0.1, 0.15) is 0 Å². The average Bonchev–Trinajstić information content (AvgIpc) is 1.35. The molecule has 0 aromatic rings. The number of rotatable bonds is 1. The standard InChI is InChI=1S/CH2O3.Al.Li.H2O.O/c2-1(3)4;;;;/h(H2,2,3,4);;;1H2;/q;2*+1;;/p-2. The molecule has 0 aliphatic rings. The summed E-state index contributed by atoms with van der Waals surface area (Å²) < 4.78 is 12.6. The van der Waals surface area contributed by atoms with Crippen LogP contribution in [0.15, 0.2) is 0 Å². The van der Waals surface area contributed by atoms with Gasteiger partial charge in [0.25, 0.3) is 0 Å². The fourth-order valence-electron chi connectivity index (χ4n) is 0.0393. The summed E-state index contributed by atoms with van der Waals surface area (Å²) in [7, 11) is 0. The Hall–Kier alpha value is 0.160. The molecule has 0 aromatic heterocycles. The number of hydrogen-bond acceptors (Lipinski definition) is 4. The molecule has 7 heteroatoms. The molecule has 0 saturated carbocycles. The van der Waals surface area contributed by atoms with Crippen molar-refractivity contribution >= 4 is 21.6 Å². The maximum atomic E-state index is 9.18. The predicted octanol–water partition coefficient (Wildman–Crippen LogP) is -5.51. The normalized spacial score (nSPS) is 4.50. The maximum absolute atomic E-state index is 9.18. The quantitative estimate of drug-likeness (QED) is 0.329. The zero-order valence-electron chi connectivity index (χ0n) is 4.21. The van der Waals surface area contributed by atoms with E-state index in [1.54, 1.807) is 0 Å². The predicted molar refractivity (Wildman–Crippen MR) is 16.5 cm³/mol. The van der Waals surface area contributed by atoms with Crippen molar-refractivity contribution in [2.75, 3.05) is 0 Å². The minimum atomic E-state index is -1.74. The Bertz CT molecular complexity index is 72.8. The van der Waals surface area contributed by atoms with Gasteiger partial charge in [0.1, 0.15) is 0 Å². The monoisotopic (exact) mass is 128 g/mol. The molecule has 0 aliphatic carbocycles. The molecule has 8 heavy (non-hydrogen) atoms. The van der Waals surface area contributed by atoms with Crippen molar-refractivity contribution in [1.29, 1.82) is 0 Å². The second-order valence-corrected chi connectivity index (χ2v) is 0.892. The summed E-state index contributed by atoms with van der Waals surface area (Å²) in [5, 5.41) is 9.09. The Labute approximate surface area is 63.8 Å². The van der Waals surface area contributed by atoms with E-state index < -0.39 is 21.6 Å². The molecule has 2 N–H and O–H groups in total. The van der Waals surface area contributed by atoms with Crippen molar-refractivity contribution in [3.05, 3.63) is 0 Å². The first kappa shape index (κ1) is 15.7. The van der Waals surface area contributed by atoms with Crippen molar-refractivity contribution in [3.63, 3.8) is 0 Å². The van der Waals surface area contributed by atoms with Gasteiger partial charge in [-0.05, 0) is 0 Å². The van der Waals surface area contributed by atoms with Crippen LogP contribution in [0.2, 0.25) is 0 Å². The van der Waals surface area contributed by atoms with Crippen LogP contribution in [0, 0.1) is 0 Å². The zero-order chi connectivity index (χ0) is 4.99. The molecule has 0 bridgehead atoms. The molecular formula is CH2AlLiO5. The van der Waals surface area contributed by atoms with Gasteiger partial charge in [0.05, 0.1) is 0 Å². The number of hydrogen-bond donors (Lipinski definition) is 0. The number of carboxylic acid groups (broad SMARTS) is 1. The zero-order valence-corrected chi connectivity index (χ0v) is 5.37. The Morgan fingerprint density at radius 1 is 1.62 bits per heavy atom. The second-order valence-electron chi connectivity index (χ2n) is 0.464. The first-order valence-electron chi connectivity index (χ1n) is 1.08. The molecule has 0 amide bonds. The van der Waals surface area contributed by atoms with Gasteiger partial charge in [-0.2, -0.15) is 0 Å². The molecule has 0 spiro atoms. The molecule has 0 unspecified atom stereocenters. The molecule has 0 rings (SSSR count). The van der Waals surface area contributed by atoms with Gasteiger partial charge in [-0.15, -0.1) is 0 Å². The number of carbonyl (C=O) groups excluding carboxylic acids is 1. The van der Waals surface area contributed by atoms with Crippen LogP contribution in [0.3, 0.4) is 0 Å². The van der Waals surface area contributed by atoms with E-state index in [9.17, 15) is 3.80 Å². The molecule has 40 valence electrons. The Kier molecular flexibility index (Phi) is 20.0. The van der Waals surface area contributed by atoms with Crippen molar-refractivity contribution in [3.8, 4) is 0 Å². The first-order chi connectivity index (χ1) is 2.77. The summed E-state index contributed by atoms with van der Waals surface area (Å²) in [6, 6.07) is 0. The van der Waals surface area contributed by atoms with Gasteiger partial charge in [-0.3, -0.25) is 0 Å². The third-order valence-corrected chi connectivity index (χ3v) is 0.433. The van der Waals surface area contributed by atoms with Crippen molar-refractivity contribution in [2.45, 2.75) is 0 Å². The fourth-order valence-corrected chi connectivity index (χ4v) is 0.118. The topological polar surface area (TPSA) is 97.9 Å². The molecule has 0 saturated heterocycles. The van der Waals surface area contributed by atoms with Gasteiger partial charge in [-0.1, -0.05) is 0 Å². The van der Waals surface area contributed by atoms with Crippen LogP contribution < -0.4 is 24.0 Å². The SMILES string of the molecule is O.[Li+].[O]=[Al][O]C(=O)[O-]. The Morgan fingerprint density at radius 2 is 2.00 bits per heavy atom. The molecule has 0 radical (unpaired) electrons. The molecular weight excluding hydrogens is 126 g/mol. The van der Waals surface area contributed by atoms with Crippen molar-refractivity contribution < 1.29 is 41.8 Å². The minimum absolute atomic E-state index is 0. The average molecular weight is 128 g/mol. The summed E-state index contributed by atoms with van der Waals surface area (Å²) >= 11 is -1.66. The van der Waals surface area contributed by atoms with E-state index in [0.29, 0.717) is 0 Å². The van der Waals surface area contributed by atoms with E-state index in [1.807, 2.05) is 0 Å². The molecule has 0 aliphatic heterocycles. The van der Waals surface area contributed by atoms with Gasteiger partial charge in [0.15, 0.2) is 0 Å². The Morgan fingerprint density at radius 3 is 2.00 bits per heavy atom. The van der Waals surface area contributed by atoms with E-state index in [2.05, 4.69) is 3.79 Å². The van der Waals surface area contributed by atoms with Crippen LogP contribution >= 0.6 is 0 Å². The summed E-state index contributed by atoms with van der Waals surface area (Å²) in [5.74, 6) is 0. The van der Waals surface area contributed by atoms with Gasteiger partial charge >= 0.3 is 58.0 Å². The number of carbonyl (C=O) groups is 1. The second kappa shape index (κ2) is 10.2. The molecule has 0 aromatic carbocycles. The molecule has 0 fully saturated rings. The van der Waals surface area contributed by atoms with Gasteiger partial charge in [0.2, 0.25) is 0 Å². The van der Waals surface area contributed by atoms with E-state index in [-0.39, 0.29) is 24.3 Å². The Balaban J connectivity index is -0.000000125. The van der Waals surface area contributed by atoms with Crippen LogP contribution in [0.5, 0.6) is 0 Å². The van der Waals surface area contributed by atoms with E-state index >= 15 is 0 Å². The van der Waals surface area contributed by atoms with E-state index in [0.717, 1.165) is 0 Å². The summed E-state index contributed by atoms with van der Waals surface area (Å²) in [6.45, 7) is 0. The summed E-state index contributed by atoms with van der Waals surface area (Å²) in [6.07, 6.45) is -1.74. The van der Waals surface area contributed by atoms with Crippen LogP contribution in [0.25, 0.3) is 0 Å². The van der Waals surface area contributed by atoms with Crippen LogP contribution in [-0.2, 0) is 7.59 Å². The van der Waals surface area contributed by atoms with E-state index in [1.165, 1.54) is 0 Å². The van der Waals surface area contributed by atoms with Gasteiger partial charge < -0.3 is 5.48 Å². The molecule has 0 atom stereocenters. The first-order valence-corrected chi connectivity index (χ1v) is 2.03. The van der Waals surface area contributed by atoms with Crippen molar-refractivity contribution in [1.82, 2.24) is 0 Å². The fraction of sp³-hybridized carbons (Fsp3) is 0. The van der Waals surface area contributed by atoms with Crippen LogP contribution in [-0.4, -0.2) is 27.1 Å². The van der Waals surface area contributed by atoms with Gasteiger partial charge in [-0.25, -0.2) is 0 Å². The third kappa shape index (κ3) is 16.4. The van der Waals surface area contributed by atoms with Crippen LogP contribution in [0.4, 0.5) is 4.79 Å². The molecule has 5 nitrogen and oxygen atoms in total. The summed E-state index contributed by atoms with van der Waals surface area (Å²) in [5.41, 5.74) is 0.